The minimum atomic E-state index is -2.87. The fraction of sp³-hybridized carbons (Fsp3) is 0.450. The number of hydrogen-bond donors (Lipinski definition) is 0. The van der Waals surface area contributed by atoms with Crippen LogP contribution >= 0.6 is 0 Å². The quantitative estimate of drug-likeness (QED) is 0.739. The van der Waals surface area contributed by atoms with Crippen LogP contribution in [0.2, 0.25) is 0 Å². The molecule has 0 radical (unpaired) electrons. The van der Waals surface area contributed by atoms with Gasteiger partial charge < -0.3 is 9.47 Å². The number of rotatable bonds is 6. The Bertz CT molecular complexity index is 697. The van der Waals surface area contributed by atoms with Crippen molar-refractivity contribution >= 4 is 0 Å². The molecule has 0 aliphatic carbocycles. The van der Waals surface area contributed by atoms with Crippen molar-refractivity contribution in [3.05, 3.63) is 53.9 Å². The van der Waals surface area contributed by atoms with E-state index in [1.165, 1.54) is 25.5 Å². The normalized spacial score (nSPS) is 18.5. The van der Waals surface area contributed by atoms with E-state index in [0.29, 0.717) is 18.3 Å². The first-order valence-electron chi connectivity index (χ1n) is 8.93. The summed E-state index contributed by atoms with van der Waals surface area (Å²) in [6.07, 6.45) is 8.26. The van der Waals surface area contributed by atoms with Crippen LogP contribution < -0.4 is 9.47 Å². The first kappa shape index (κ1) is 18.6. The van der Waals surface area contributed by atoms with Gasteiger partial charge in [-0.3, -0.25) is 9.88 Å². The van der Waals surface area contributed by atoms with Gasteiger partial charge in [-0.1, -0.05) is 18.9 Å². The highest BCUT2D eigenvalue weighted by molar-refractivity contribution is 5.43. The summed E-state index contributed by atoms with van der Waals surface area (Å²) in [5.74, 6) is 0.394. The van der Waals surface area contributed by atoms with Gasteiger partial charge in [-0.2, -0.15) is 8.78 Å². The lowest BCUT2D eigenvalue weighted by Crippen LogP contribution is -2.28. The summed E-state index contributed by atoms with van der Waals surface area (Å²) in [6.45, 7) is -1.22. The molecule has 1 aromatic heterocycles. The van der Waals surface area contributed by atoms with Gasteiger partial charge in [0.15, 0.2) is 11.5 Å². The van der Waals surface area contributed by atoms with Crippen LogP contribution in [0.5, 0.6) is 11.5 Å². The van der Waals surface area contributed by atoms with Crippen molar-refractivity contribution < 1.29 is 18.3 Å². The minimum absolute atomic E-state index is 0.0790. The van der Waals surface area contributed by atoms with Crippen LogP contribution in [0.15, 0.2) is 42.7 Å². The molecule has 140 valence electrons. The van der Waals surface area contributed by atoms with E-state index in [0.717, 1.165) is 24.9 Å². The molecular weight excluding hydrogens is 338 g/mol. The van der Waals surface area contributed by atoms with Gasteiger partial charge >= 0.3 is 6.61 Å². The Hall–Kier alpha value is -2.21. The fourth-order valence-corrected chi connectivity index (χ4v) is 3.56. The van der Waals surface area contributed by atoms with E-state index < -0.39 is 6.61 Å². The molecule has 4 nitrogen and oxygen atoms in total. The molecule has 0 amide bonds. The lowest BCUT2D eigenvalue weighted by atomic mass is 10.0. The Kier molecular flexibility index (Phi) is 6.39. The zero-order chi connectivity index (χ0) is 18.4. The van der Waals surface area contributed by atoms with Crippen LogP contribution in [0, 0.1) is 0 Å². The second-order valence-electron chi connectivity index (χ2n) is 6.48. The molecule has 1 aliphatic heterocycles. The van der Waals surface area contributed by atoms with Crippen LogP contribution in [0.25, 0.3) is 0 Å². The number of halogens is 2. The number of benzene rings is 1. The standard InChI is InChI=1S/C20H24F2N2O2/c1-25-18-7-6-15(13-19(18)26-20(21)22)14-24-12-4-2-3-5-17(24)16-8-10-23-11-9-16/h6-11,13,17,20H,2-5,12,14H2,1H3/t17-/m0/s1. The van der Waals surface area contributed by atoms with Gasteiger partial charge in [0.05, 0.1) is 7.11 Å². The fourth-order valence-electron chi connectivity index (χ4n) is 3.56. The van der Waals surface area contributed by atoms with Crippen molar-refractivity contribution in [2.75, 3.05) is 13.7 Å². The zero-order valence-corrected chi connectivity index (χ0v) is 14.9. The summed E-state index contributed by atoms with van der Waals surface area (Å²) in [7, 11) is 1.45. The number of likely N-dealkylation sites (tertiary alicyclic amines) is 1. The van der Waals surface area contributed by atoms with Gasteiger partial charge in [-0.05, 0) is 54.8 Å². The van der Waals surface area contributed by atoms with E-state index in [9.17, 15) is 8.78 Å². The van der Waals surface area contributed by atoms with E-state index in [1.54, 1.807) is 12.1 Å². The molecule has 0 N–H and O–H groups in total. The third-order valence-corrected chi connectivity index (χ3v) is 4.78. The van der Waals surface area contributed by atoms with Crippen molar-refractivity contribution in [2.24, 2.45) is 0 Å². The largest absolute Gasteiger partial charge is 0.493 e. The van der Waals surface area contributed by atoms with Crippen LogP contribution in [0.3, 0.4) is 0 Å². The Morgan fingerprint density at radius 1 is 1.12 bits per heavy atom. The van der Waals surface area contributed by atoms with Gasteiger partial charge in [0.2, 0.25) is 0 Å². The highest BCUT2D eigenvalue weighted by atomic mass is 19.3. The van der Waals surface area contributed by atoms with E-state index in [4.69, 9.17) is 4.74 Å². The Balaban J connectivity index is 1.82. The number of ether oxygens (including phenoxy) is 2. The smallest absolute Gasteiger partial charge is 0.387 e. The number of nitrogens with zero attached hydrogens (tertiary/aromatic N) is 2. The Labute approximate surface area is 152 Å². The van der Waals surface area contributed by atoms with Gasteiger partial charge in [0, 0.05) is 25.0 Å². The molecule has 1 aliphatic rings. The van der Waals surface area contributed by atoms with E-state index >= 15 is 0 Å². The molecule has 1 aromatic carbocycles. The molecule has 0 bridgehead atoms. The van der Waals surface area contributed by atoms with E-state index in [2.05, 4.69) is 26.8 Å². The average molecular weight is 362 g/mol. The van der Waals surface area contributed by atoms with Gasteiger partial charge in [-0.15, -0.1) is 0 Å². The van der Waals surface area contributed by atoms with Crippen molar-refractivity contribution in [1.29, 1.82) is 0 Å². The topological polar surface area (TPSA) is 34.6 Å². The molecule has 0 unspecified atom stereocenters. The molecule has 1 atom stereocenters. The summed E-state index contributed by atoms with van der Waals surface area (Å²) < 4.78 is 35.1. The average Bonchev–Trinajstić information content (AvgIpc) is 2.88. The van der Waals surface area contributed by atoms with Crippen LogP contribution in [-0.4, -0.2) is 30.1 Å². The number of methoxy groups -OCH3 is 1. The molecule has 1 saturated heterocycles. The van der Waals surface area contributed by atoms with E-state index in [1.807, 2.05) is 18.5 Å². The maximum atomic E-state index is 12.7. The Morgan fingerprint density at radius 2 is 1.92 bits per heavy atom. The molecule has 2 heterocycles. The van der Waals surface area contributed by atoms with Crippen molar-refractivity contribution in [1.82, 2.24) is 9.88 Å². The summed E-state index contributed by atoms with van der Waals surface area (Å²) >= 11 is 0. The second-order valence-corrected chi connectivity index (χ2v) is 6.48. The zero-order valence-electron chi connectivity index (χ0n) is 14.9. The summed E-state index contributed by atoms with van der Waals surface area (Å²) in [5.41, 5.74) is 2.18. The number of hydrogen-bond acceptors (Lipinski definition) is 4. The van der Waals surface area contributed by atoms with Gasteiger partial charge in [0.25, 0.3) is 0 Å². The van der Waals surface area contributed by atoms with Crippen LogP contribution in [-0.2, 0) is 6.54 Å². The molecule has 3 rings (SSSR count). The minimum Gasteiger partial charge on any atom is -0.493 e. The van der Waals surface area contributed by atoms with Crippen LogP contribution in [0.4, 0.5) is 8.78 Å². The summed E-state index contributed by atoms with van der Waals surface area (Å²) in [6, 6.07) is 9.67. The molecule has 1 fully saturated rings. The molecule has 0 saturated carbocycles. The second kappa shape index (κ2) is 8.94. The van der Waals surface area contributed by atoms with Gasteiger partial charge in [0.1, 0.15) is 0 Å². The highest BCUT2D eigenvalue weighted by Crippen LogP contribution is 2.34. The Morgan fingerprint density at radius 3 is 2.65 bits per heavy atom. The highest BCUT2D eigenvalue weighted by Gasteiger charge is 2.23. The number of alkyl halides is 2. The molecule has 26 heavy (non-hydrogen) atoms. The molecular formula is C20H24F2N2O2. The monoisotopic (exact) mass is 362 g/mol. The molecule has 6 heteroatoms. The third-order valence-electron chi connectivity index (χ3n) is 4.78. The van der Waals surface area contributed by atoms with E-state index in [-0.39, 0.29) is 5.75 Å². The predicted octanol–water partition coefficient (Wildman–Crippen LogP) is 4.81. The van der Waals surface area contributed by atoms with Crippen molar-refractivity contribution in [3.63, 3.8) is 0 Å². The SMILES string of the molecule is COc1ccc(CN2CCCCC[C@H]2c2ccncc2)cc1OC(F)F. The first-order chi connectivity index (χ1) is 12.7. The summed E-state index contributed by atoms with van der Waals surface area (Å²) in [5, 5.41) is 0. The lowest BCUT2D eigenvalue weighted by Gasteiger charge is -2.30. The molecule has 2 aromatic rings. The maximum Gasteiger partial charge on any atom is 0.387 e. The van der Waals surface area contributed by atoms with Crippen molar-refractivity contribution in [2.45, 2.75) is 44.9 Å². The maximum absolute atomic E-state index is 12.7. The molecule has 0 spiro atoms. The first-order valence-corrected chi connectivity index (χ1v) is 8.93. The lowest BCUT2D eigenvalue weighted by molar-refractivity contribution is -0.0512. The number of pyridine rings is 1. The predicted molar refractivity (Wildman–Crippen MR) is 95.5 cm³/mol. The number of aromatic nitrogens is 1. The van der Waals surface area contributed by atoms with Crippen LogP contribution in [0.1, 0.15) is 42.9 Å². The van der Waals surface area contributed by atoms with Gasteiger partial charge in [-0.25, -0.2) is 0 Å². The third kappa shape index (κ3) is 4.69. The summed E-state index contributed by atoms with van der Waals surface area (Å²) in [4.78, 5) is 6.52. The van der Waals surface area contributed by atoms with Crippen molar-refractivity contribution in [3.8, 4) is 11.5 Å².